The molecule has 0 radical (unpaired) electrons. The number of carbonyl (C=O) groups excluding carboxylic acids is 1. The third-order valence-corrected chi connectivity index (χ3v) is 5.76. The van der Waals surface area contributed by atoms with Crippen LogP contribution in [0.3, 0.4) is 0 Å². The number of carbonyl (C=O) groups is 1. The zero-order valence-corrected chi connectivity index (χ0v) is 17.3. The van der Waals surface area contributed by atoms with Gasteiger partial charge in [0.2, 0.25) is 0 Å². The van der Waals surface area contributed by atoms with Crippen LogP contribution in [0.15, 0.2) is 6.33 Å². The van der Waals surface area contributed by atoms with Crippen LogP contribution in [0.1, 0.15) is 55.8 Å². The van der Waals surface area contributed by atoms with Crippen molar-refractivity contribution >= 4 is 33.3 Å². The lowest BCUT2D eigenvalue weighted by atomic mass is 10.1. The topological polar surface area (TPSA) is 67.3 Å². The van der Waals surface area contributed by atoms with Crippen molar-refractivity contribution in [1.82, 2.24) is 14.9 Å². The molecule has 6 nitrogen and oxygen atoms in total. The monoisotopic (exact) mass is 378 g/mol. The van der Waals surface area contributed by atoms with Crippen molar-refractivity contribution < 1.29 is 9.53 Å². The molecule has 1 N–H and O–H groups in total. The first-order valence-corrected chi connectivity index (χ1v) is 10.2. The van der Waals surface area contributed by atoms with Gasteiger partial charge in [-0.25, -0.2) is 14.8 Å². The zero-order chi connectivity index (χ0) is 19.1. The first-order chi connectivity index (χ1) is 12.5. The number of hydrogen-bond donors (Lipinski definition) is 1. The minimum absolute atomic E-state index is 0.286. The maximum Gasteiger partial charge on any atom is 0.348 e. The maximum atomic E-state index is 12.1. The summed E-state index contributed by atoms with van der Waals surface area (Å²) in [5.41, 5.74) is 0.891. The van der Waals surface area contributed by atoms with E-state index in [1.54, 1.807) is 6.33 Å². The molecule has 7 heteroatoms. The van der Waals surface area contributed by atoms with E-state index < -0.39 is 0 Å². The van der Waals surface area contributed by atoms with Crippen molar-refractivity contribution in [2.45, 2.75) is 53.5 Å². The Morgan fingerprint density at radius 1 is 1.31 bits per heavy atom. The summed E-state index contributed by atoms with van der Waals surface area (Å²) in [7, 11) is 0. The van der Waals surface area contributed by atoms with E-state index >= 15 is 0 Å². The molecule has 26 heavy (non-hydrogen) atoms. The van der Waals surface area contributed by atoms with Crippen LogP contribution in [0.4, 0.5) is 5.82 Å². The van der Waals surface area contributed by atoms with E-state index in [2.05, 4.69) is 41.0 Å². The fourth-order valence-electron chi connectivity index (χ4n) is 3.04. The standard InChI is InChI=1S/C19H30N4O2S/c1-6-23(7-2)11-9-10-13(4)22-17-15-14(5)16(19(24)25-8-3)26-18(15)21-12-20-17/h12-13H,6-11H2,1-5H3,(H,20,21,22). The van der Waals surface area contributed by atoms with Crippen LogP contribution in [0.2, 0.25) is 0 Å². The highest BCUT2D eigenvalue weighted by molar-refractivity contribution is 7.20. The Kier molecular flexibility index (Phi) is 7.78. The molecule has 0 spiro atoms. The van der Waals surface area contributed by atoms with Gasteiger partial charge in [-0.15, -0.1) is 11.3 Å². The smallest absolute Gasteiger partial charge is 0.348 e. The molecule has 144 valence electrons. The summed E-state index contributed by atoms with van der Waals surface area (Å²) < 4.78 is 5.15. The third kappa shape index (κ3) is 4.92. The lowest BCUT2D eigenvalue weighted by Gasteiger charge is -2.20. The molecule has 0 saturated heterocycles. The number of rotatable bonds is 10. The van der Waals surface area contributed by atoms with E-state index in [9.17, 15) is 4.79 Å². The van der Waals surface area contributed by atoms with Crippen LogP contribution in [-0.2, 0) is 4.74 Å². The number of nitrogens with zero attached hydrogens (tertiary/aromatic N) is 3. The maximum absolute atomic E-state index is 12.1. The molecule has 0 aliphatic heterocycles. The van der Waals surface area contributed by atoms with Gasteiger partial charge < -0.3 is 15.0 Å². The predicted octanol–water partition coefficient (Wildman–Crippen LogP) is 4.10. The quantitative estimate of drug-likeness (QED) is 0.628. The number of ether oxygens (including phenoxy) is 1. The van der Waals surface area contributed by atoms with Gasteiger partial charge in [-0.1, -0.05) is 13.8 Å². The molecule has 2 rings (SSSR count). The van der Waals surface area contributed by atoms with E-state index in [0.29, 0.717) is 17.5 Å². The Hall–Kier alpha value is -1.73. The van der Waals surface area contributed by atoms with Crippen molar-refractivity contribution in [3.8, 4) is 0 Å². The number of esters is 1. The molecule has 2 heterocycles. The predicted molar refractivity (Wildman–Crippen MR) is 108 cm³/mol. The summed E-state index contributed by atoms with van der Waals surface area (Å²) in [5.74, 6) is 0.515. The van der Waals surface area contributed by atoms with Gasteiger partial charge in [-0.05, 0) is 58.8 Å². The molecule has 0 aliphatic rings. The molecule has 0 saturated carbocycles. The highest BCUT2D eigenvalue weighted by Crippen LogP contribution is 2.34. The molecular formula is C19H30N4O2S. The summed E-state index contributed by atoms with van der Waals surface area (Å²) in [5, 5.41) is 4.43. The van der Waals surface area contributed by atoms with E-state index in [4.69, 9.17) is 4.74 Å². The molecule has 0 aromatic carbocycles. The molecule has 0 fully saturated rings. The van der Waals surface area contributed by atoms with Gasteiger partial charge in [0.15, 0.2) is 0 Å². The summed E-state index contributed by atoms with van der Waals surface area (Å²) in [6, 6.07) is 0.300. The number of aryl methyl sites for hydroxylation is 1. The van der Waals surface area contributed by atoms with Gasteiger partial charge in [-0.3, -0.25) is 0 Å². The number of anilines is 1. The van der Waals surface area contributed by atoms with Crippen LogP contribution in [0.5, 0.6) is 0 Å². The van der Waals surface area contributed by atoms with Crippen molar-refractivity contribution in [3.05, 3.63) is 16.8 Å². The van der Waals surface area contributed by atoms with Crippen LogP contribution in [-0.4, -0.2) is 53.1 Å². The molecule has 0 bridgehead atoms. The van der Waals surface area contributed by atoms with Gasteiger partial charge in [0.1, 0.15) is 21.9 Å². The van der Waals surface area contributed by atoms with Gasteiger partial charge in [0.25, 0.3) is 0 Å². The van der Waals surface area contributed by atoms with Crippen LogP contribution in [0.25, 0.3) is 10.2 Å². The van der Waals surface area contributed by atoms with Gasteiger partial charge in [0.05, 0.1) is 12.0 Å². The number of thiophene rings is 1. The summed E-state index contributed by atoms with van der Waals surface area (Å²) in [6.07, 6.45) is 3.76. The van der Waals surface area contributed by atoms with Gasteiger partial charge in [0, 0.05) is 6.04 Å². The second kappa shape index (κ2) is 9.83. The molecule has 1 atom stereocenters. The molecular weight excluding hydrogens is 348 g/mol. The minimum atomic E-state index is -0.286. The third-order valence-electron chi connectivity index (χ3n) is 4.58. The van der Waals surface area contributed by atoms with Gasteiger partial charge >= 0.3 is 5.97 Å². The highest BCUT2D eigenvalue weighted by atomic mass is 32.1. The lowest BCUT2D eigenvalue weighted by molar-refractivity contribution is 0.0531. The SMILES string of the molecule is CCOC(=O)c1sc2ncnc(NC(C)CCCN(CC)CC)c2c1C. The summed E-state index contributed by atoms with van der Waals surface area (Å²) in [4.78, 5) is 24.8. The molecule has 0 amide bonds. The van der Waals surface area contributed by atoms with Crippen molar-refractivity contribution in [2.24, 2.45) is 0 Å². The minimum Gasteiger partial charge on any atom is -0.462 e. The fraction of sp³-hybridized carbons (Fsp3) is 0.632. The molecule has 1 unspecified atom stereocenters. The largest absolute Gasteiger partial charge is 0.462 e. The molecule has 2 aromatic heterocycles. The van der Waals surface area contributed by atoms with Gasteiger partial charge in [-0.2, -0.15) is 0 Å². The molecule has 2 aromatic rings. The van der Waals surface area contributed by atoms with Crippen LogP contribution < -0.4 is 5.32 Å². The summed E-state index contributed by atoms with van der Waals surface area (Å²) >= 11 is 1.37. The number of aromatic nitrogens is 2. The first kappa shape index (κ1) is 20.6. The average molecular weight is 379 g/mol. The number of hydrogen-bond acceptors (Lipinski definition) is 7. The van der Waals surface area contributed by atoms with Crippen molar-refractivity contribution in [3.63, 3.8) is 0 Å². The Balaban J connectivity index is 2.10. The second-order valence-electron chi connectivity index (χ2n) is 6.39. The first-order valence-electron chi connectivity index (χ1n) is 9.41. The normalized spacial score (nSPS) is 12.5. The zero-order valence-electron chi connectivity index (χ0n) is 16.5. The van der Waals surface area contributed by atoms with E-state index in [1.807, 2.05) is 13.8 Å². The average Bonchev–Trinajstić information content (AvgIpc) is 2.97. The van der Waals surface area contributed by atoms with Crippen LogP contribution in [0, 0.1) is 6.92 Å². The van der Waals surface area contributed by atoms with Crippen molar-refractivity contribution in [2.75, 3.05) is 31.6 Å². The highest BCUT2D eigenvalue weighted by Gasteiger charge is 2.20. The van der Waals surface area contributed by atoms with Crippen LogP contribution >= 0.6 is 11.3 Å². The van der Waals surface area contributed by atoms with E-state index in [0.717, 1.165) is 54.1 Å². The Morgan fingerprint density at radius 2 is 2.04 bits per heavy atom. The van der Waals surface area contributed by atoms with E-state index in [-0.39, 0.29) is 5.97 Å². The van der Waals surface area contributed by atoms with Crippen molar-refractivity contribution in [1.29, 1.82) is 0 Å². The Morgan fingerprint density at radius 3 is 2.69 bits per heavy atom. The number of nitrogens with one attached hydrogen (secondary N) is 1. The number of fused-ring (bicyclic) bond motifs is 1. The van der Waals surface area contributed by atoms with E-state index in [1.165, 1.54) is 11.3 Å². The summed E-state index contributed by atoms with van der Waals surface area (Å²) in [6.45, 7) is 14.0. The lowest BCUT2D eigenvalue weighted by Crippen LogP contribution is -2.25. The Bertz CT molecular complexity index is 728. The Labute approximate surface area is 160 Å². The molecule has 0 aliphatic carbocycles. The fourth-order valence-corrected chi connectivity index (χ4v) is 4.08. The second-order valence-corrected chi connectivity index (χ2v) is 7.39.